The first-order chi connectivity index (χ1) is 14.8. The minimum absolute atomic E-state index is 0.0102. The van der Waals surface area contributed by atoms with Gasteiger partial charge in [0.25, 0.3) is 0 Å². The Kier molecular flexibility index (Phi) is 7.22. The van der Waals surface area contributed by atoms with Crippen molar-refractivity contribution in [1.82, 2.24) is 0 Å². The first-order valence-corrected chi connectivity index (χ1v) is 11.1. The smallest absolute Gasteiger partial charge is 0.343 e. The van der Waals surface area contributed by atoms with Crippen molar-refractivity contribution in [2.45, 2.75) is 59.4 Å². The van der Waals surface area contributed by atoms with Crippen LogP contribution in [-0.2, 0) is 9.53 Å². The average Bonchev–Trinajstić information content (AvgIpc) is 3.19. The van der Waals surface area contributed by atoms with E-state index >= 15 is 0 Å². The molecule has 1 aliphatic carbocycles. The van der Waals surface area contributed by atoms with Crippen molar-refractivity contribution in [3.05, 3.63) is 41.5 Å². The van der Waals surface area contributed by atoms with Gasteiger partial charge < -0.3 is 9.15 Å². The molecular weight excluding hydrogens is 390 g/mol. The number of carbonyl (C=O) groups is 2. The number of benzene rings is 1. The predicted molar refractivity (Wildman–Crippen MR) is 122 cm³/mol. The van der Waals surface area contributed by atoms with E-state index in [1.807, 2.05) is 38.1 Å². The minimum Gasteiger partial charge on any atom is -0.462 e. The molecule has 0 saturated heterocycles. The second-order valence-corrected chi connectivity index (χ2v) is 8.53. The summed E-state index contributed by atoms with van der Waals surface area (Å²) < 4.78 is 11.4. The van der Waals surface area contributed by atoms with E-state index in [0.29, 0.717) is 11.7 Å². The number of furan rings is 1. The monoisotopic (exact) mass is 421 g/mol. The third-order valence-corrected chi connectivity index (χ3v) is 5.88. The fourth-order valence-corrected chi connectivity index (χ4v) is 4.08. The molecule has 0 radical (unpaired) electrons. The van der Waals surface area contributed by atoms with Crippen molar-refractivity contribution in [2.75, 3.05) is 11.5 Å². The number of hydrogen-bond donors (Lipinski definition) is 0. The molecule has 5 heteroatoms. The normalized spacial score (nSPS) is 18.5. The highest BCUT2D eigenvalue weighted by atomic mass is 16.5. The second-order valence-electron chi connectivity index (χ2n) is 8.53. The van der Waals surface area contributed by atoms with Gasteiger partial charge in [-0.15, -0.1) is 6.42 Å². The van der Waals surface area contributed by atoms with E-state index in [1.54, 1.807) is 17.9 Å². The zero-order valence-corrected chi connectivity index (χ0v) is 18.8. The lowest BCUT2D eigenvalue weighted by atomic mass is 9.82. The summed E-state index contributed by atoms with van der Waals surface area (Å²) in [5, 5.41) is 0. The Bertz CT molecular complexity index is 956. The number of hydrogen-bond acceptors (Lipinski definition) is 4. The molecule has 164 valence electrons. The fourth-order valence-electron chi connectivity index (χ4n) is 4.08. The van der Waals surface area contributed by atoms with Crippen LogP contribution in [-0.4, -0.2) is 24.5 Å². The van der Waals surface area contributed by atoms with E-state index in [4.69, 9.17) is 15.6 Å². The molecule has 1 aromatic carbocycles. The van der Waals surface area contributed by atoms with Gasteiger partial charge in [-0.05, 0) is 76.6 Å². The number of nitrogens with zero attached hydrogens (tertiary/aromatic N) is 1. The lowest BCUT2D eigenvalue weighted by Crippen LogP contribution is -2.42. The van der Waals surface area contributed by atoms with Crippen LogP contribution in [0.25, 0.3) is 11.3 Å². The molecule has 1 fully saturated rings. The van der Waals surface area contributed by atoms with Crippen LogP contribution in [0, 0.1) is 24.2 Å². The van der Waals surface area contributed by atoms with Crippen molar-refractivity contribution >= 4 is 17.8 Å². The summed E-state index contributed by atoms with van der Waals surface area (Å²) in [7, 11) is 0. The Morgan fingerprint density at radius 1 is 1.19 bits per heavy atom. The number of anilines is 1. The van der Waals surface area contributed by atoms with Crippen molar-refractivity contribution in [2.24, 2.45) is 11.8 Å². The summed E-state index contributed by atoms with van der Waals surface area (Å²) in [6, 6.07) is 8.81. The third-order valence-electron chi connectivity index (χ3n) is 5.88. The van der Waals surface area contributed by atoms with Gasteiger partial charge in [0.15, 0.2) is 0 Å². The number of ether oxygens (including phenoxy) is 1. The van der Waals surface area contributed by atoms with Crippen LogP contribution in [0.5, 0.6) is 0 Å². The van der Waals surface area contributed by atoms with Crippen LogP contribution in [0.3, 0.4) is 0 Å². The van der Waals surface area contributed by atoms with E-state index in [9.17, 15) is 9.59 Å². The summed E-state index contributed by atoms with van der Waals surface area (Å²) in [4.78, 5) is 27.9. The quantitative estimate of drug-likeness (QED) is 0.445. The summed E-state index contributed by atoms with van der Waals surface area (Å²) in [5.41, 5.74) is 1.80. The van der Waals surface area contributed by atoms with Gasteiger partial charge >= 0.3 is 5.97 Å². The van der Waals surface area contributed by atoms with E-state index in [0.717, 1.165) is 36.8 Å². The molecule has 0 unspecified atom stereocenters. The van der Waals surface area contributed by atoms with Crippen LogP contribution in [0.4, 0.5) is 5.88 Å². The number of amides is 1. The first-order valence-electron chi connectivity index (χ1n) is 11.1. The van der Waals surface area contributed by atoms with E-state index in [1.165, 1.54) is 0 Å². The summed E-state index contributed by atoms with van der Waals surface area (Å²) in [6.07, 6.45) is 9.25. The summed E-state index contributed by atoms with van der Waals surface area (Å²) in [6.45, 7) is 8.09. The lowest BCUT2D eigenvalue weighted by Gasteiger charge is -2.32. The molecule has 2 aromatic rings. The molecule has 0 N–H and O–H groups in total. The standard InChI is InChI=1S/C26H31NO4/c1-6-19-10-14-20(15-11-19)23-16-22(26(29)30-7-2)25(31-23)27(17(3)4)24(28)21-12-8-18(5)9-13-21/h1,10-11,14-18,21H,7-9,12-13H2,2-5H3/t18-,21-. The number of terminal acetylenes is 1. The highest BCUT2D eigenvalue weighted by Gasteiger charge is 2.35. The maximum atomic E-state index is 13.5. The maximum absolute atomic E-state index is 13.5. The number of carbonyl (C=O) groups excluding carboxylic acids is 2. The van der Waals surface area contributed by atoms with Gasteiger partial charge in [-0.25, -0.2) is 4.79 Å². The van der Waals surface area contributed by atoms with Crippen LogP contribution < -0.4 is 4.90 Å². The molecule has 3 rings (SSSR count). The van der Waals surface area contributed by atoms with E-state index in [2.05, 4.69) is 12.8 Å². The summed E-state index contributed by atoms with van der Waals surface area (Å²) >= 11 is 0. The van der Waals surface area contributed by atoms with Gasteiger partial charge in [-0.3, -0.25) is 9.69 Å². The fraction of sp³-hybridized carbons (Fsp3) is 0.462. The highest BCUT2D eigenvalue weighted by molar-refractivity contribution is 6.03. The van der Waals surface area contributed by atoms with E-state index in [-0.39, 0.29) is 35.9 Å². The van der Waals surface area contributed by atoms with Crippen molar-refractivity contribution in [1.29, 1.82) is 0 Å². The molecular formula is C26H31NO4. The Balaban J connectivity index is 2.02. The number of esters is 1. The van der Waals surface area contributed by atoms with Gasteiger partial charge in [0, 0.05) is 29.2 Å². The average molecular weight is 422 g/mol. The Morgan fingerprint density at radius 3 is 2.39 bits per heavy atom. The molecule has 1 heterocycles. The number of rotatable bonds is 6. The summed E-state index contributed by atoms with van der Waals surface area (Å²) in [5.74, 6) is 3.44. The van der Waals surface area contributed by atoms with Crippen molar-refractivity contribution < 1.29 is 18.7 Å². The first kappa shape index (κ1) is 22.7. The molecule has 31 heavy (non-hydrogen) atoms. The van der Waals surface area contributed by atoms with Crippen LogP contribution in [0.1, 0.15) is 69.3 Å². The van der Waals surface area contributed by atoms with Crippen molar-refractivity contribution in [3.63, 3.8) is 0 Å². The van der Waals surface area contributed by atoms with Crippen molar-refractivity contribution in [3.8, 4) is 23.7 Å². The van der Waals surface area contributed by atoms with Crippen LogP contribution in [0.15, 0.2) is 34.7 Å². The van der Waals surface area contributed by atoms with Gasteiger partial charge in [-0.2, -0.15) is 0 Å². The molecule has 1 aromatic heterocycles. The zero-order valence-electron chi connectivity index (χ0n) is 18.8. The molecule has 0 spiro atoms. The van der Waals surface area contributed by atoms with Crippen LogP contribution in [0.2, 0.25) is 0 Å². The zero-order chi connectivity index (χ0) is 22.5. The Hall–Kier alpha value is -3.00. The molecule has 0 aliphatic heterocycles. The third kappa shape index (κ3) is 5.02. The maximum Gasteiger partial charge on any atom is 0.343 e. The molecule has 1 saturated carbocycles. The SMILES string of the molecule is C#Cc1ccc(-c2cc(C(=O)OCC)c(N(C(=O)[C@H]3CC[C@H](C)CC3)C(C)C)o2)cc1. The van der Waals surface area contributed by atoms with Gasteiger partial charge in [0.2, 0.25) is 11.8 Å². The molecule has 0 atom stereocenters. The van der Waals surface area contributed by atoms with Gasteiger partial charge in [0.05, 0.1) is 6.61 Å². The topological polar surface area (TPSA) is 59.8 Å². The second kappa shape index (κ2) is 9.87. The Labute approximate surface area is 184 Å². The largest absolute Gasteiger partial charge is 0.462 e. The molecule has 1 amide bonds. The minimum atomic E-state index is -0.497. The lowest BCUT2D eigenvalue weighted by molar-refractivity contribution is -0.124. The van der Waals surface area contributed by atoms with E-state index < -0.39 is 5.97 Å². The van der Waals surface area contributed by atoms with Gasteiger partial charge in [-0.1, -0.05) is 12.8 Å². The highest BCUT2D eigenvalue weighted by Crippen LogP contribution is 2.37. The Morgan fingerprint density at radius 2 is 1.84 bits per heavy atom. The van der Waals surface area contributed by atoms with Gasteiger partial charge in [0.1, 0.15) is 11.3 Å². The molecule has 0 bridgehead atoms. The predicted octanol–water partition coefficient (Wildman–Crippen LogP) is 5.67. The van der Waals surface area contributed by atoms with Crippen LogP contribution >= 0.6 is 0 Å². The molecule has 1 aliphatic rings. The molecule has 5 nitrogen and oxygen atoms in total.